The molecule has 2 aliphatic rings. The number of aromatic nitrogens is 1. The van der Waals surface area contributed by atoms with Gasteiger partial charge in [0.15, 0.2) is 0 Å². The molecule has 0 saturated carbocycles. The Morgan fingerprint density at radius 1 is 1.13 bits per heavy atom. The quantitative estimate of drug-likeness (QED) is 0.486. The summed E-state index contributed by atoms with van der Waals surface area (Å²) in [5, 5.41) is 5.66. The number of rotatable bonds is 5. The number of carbonyl (C=O) groups is 2. The van der Waals surface area contributed by atoms with E-state index < -0.39 is 17.8 Å². The van der Waals surface area contributed by atoms with Gasteiger partial charge in [-0.15, -0.1) is 0 Å². The van der Waals surface area contributed by atoms with Gasteiger partial charge in [-0.2, -0.15) is 13.2 Å². The van der Waals surface area contributed by atoms with Crippen molar-refractivity contribution < 1.29 is 27.5 Å². The molecular formula is C29H29F3N4O3. The first kappa shape index (κ1) is 26.7. The minimum Gasteiger partial charge on any atom is -0.377 e. The number of hydrogen-bond donors (Lipinski definition) is 2. The van der Waals surface area contributed by atoms with Gasteiger partial charge in [0.2, 0.25) is 5.91 Å². The smallest absolute Gasteiger partial charge is 0.377 e. The van der Waals surface area contributed by atoms with Crippen molar-refractivity contribution in [1.82, 2.24) is 10.3 Å². The number of pyridine rings is 1. The number of halogens is 3. The Morgan fingerprint density at radius 3 is 2.72 bits per heavy atom. The maximum absolute atomic E-state index is 13.0. The number of aryl methyl sites for hydroxylation is 1. The lowest BCUT2D eigenvalue weighted by molar-refractivity contribution is -0.141. The average Bonchev–Trinajstić information content (AvgIpc) is 2.93. The van der Waals surface area contributed by atoms with Crippen LogP contribution < -0.4 is 15.5 Å². The van der Waals surface area contributed by atoms with Gasteiger partial charge in [-0.3, -0.25) is 14.6 Å². The summed E-state index contributed by atoms with van der Waals surface area (Å²) < 4.78 is 44.8. The SMILES string of the molecule is CCNC(=O)[C@H]1Cc2ccc(-c3cc(NC(=O)c4ccnc(C(F)(F)F)c4)ccc3C)cc2N2CCOC[C@H]12. The Balaban J connectivity index is 1.43. The van der Waals surface area contributed by atoms with E-state index in [9.17, 15) is 22.8 Å². The number of fused-ring (bicyclic) bond motifs is 3. The number of morpholine rings is 1. The molecule has 2 atom stereocenters. The molecule has 3 heterocycles. The lowest BCUT2D eigenvalue weighted by Crippen LogP contribution is -2.56. The second-order valence-electron chi connectivity index (χ2n) is 9.80. The molecule has 204 valence electrons. The van der Waals surface area contributed by atoms with Gasteiger partial charge in [-0.1, -0.05) is 18.2 Å². The number of anilines is 2. The first-order valence-electron chi connectivity index (χ1n) is 12.9. The molecule has 0 aliphatic carbocycles. The standard InChI is InChI=1S/C29H29F3N4O3/c1-3-33-28(38)23-12-19-6-5-18(13-24(19)36-10-11-39-16-25(23)36)22-15-21(7-4-17(22)2)35-27(37)20-8-9-34-26(14-20)29(30,31)32/h4-9,13-15,23,25H,3,10-12,16H2,1-2H3,(H,33,38)(H,35,37)/t23-,25+/m0/s1. The Hall–Kier alpha value is -3.92. The highest BCUT2D eigenvalue weighted by molar-refractivity contribution is 6.04. The van der Waals surface area contributed by atoms with E-state index in [4.69, 9.17) is 4.74 Å². The van der Waals surface area contributed by atoms with Crippen molar-refractivity contribution in [3.63, 3.8) is 0 Å². The summed E-state index contributed by atoms with van der Waals surface area (Å²) in [7, 11) is 0. The van der Waals surface area contributed by atoms with Crippen LogP contribution in [0.5, 0.6) is 0 Å². The van der Waals surface area contributed by atoms with Gasteiger partial charge in [0.25, 0.3) is 5.91 Å². The molecule has 2 N–H and O–H groups in total. The molecule has 0 spiro atoms. The fourth-order valence-corrected chi connectivity index (χ4v) is 5.31. The fourth-order valence-electron chi connectivity index (χ4n) is 5.31. The van der Waals surface area contributed by atoms with Gasteiger partial charge in [-0.25, -0.2) is 0 Å². The maximum atomic E-state index is 13.0. The Kier molecular flexibility index (Phi) is 7.31. The molecule has 3 aromatic rings. The number of ether oxygens (including phenoxy) is 1. The van der Waals surface area contributed by atoms with Crippen molar-refractivity contribution in [2.24, 2.45) is 5.92 Å². The van der Waals surface area contributed by atoms with Crippen LogP contribution in [0.3, 0.4) is 0 Å². The minimum absolute atomic E-state index is 0.0311. The van der Waals surface area contributed by atoms with Crippen molar-refractivity contribution >= 4 is 23.2 Å². The largest absolute Gasteiger partial charge is 0.433 e. The van der Waals surface area contributed by atoms with Crippen LogP contribution >= 0.6 is 0 Å². The highest BCUT2D eigenvalue weighted by Gasteiger charge is 2.40. The van der Waals surface area contributed by atoms with E-state index in [-0.39, 0.29) is 23.4 Å². The van der Waals surface area contributed by atoms with Crippen LogP contribution in [-0.4, -0.2) is 49.1 Å². The predicted octanol–water partition coefficient (Wildman–Crippen LogP) is 4.84. The van der Waals surface area contributed by atoms with Crippen LogP contribution in [0.4, 0.5) is 24.5 Å². The zero-order valence-corrected chi connectivity index (χ0v) is 21.6. The maximum Gasteiger partial charge on any atom is 0.433 e. The Bertz CT molecular complexity index is 1410. The minimum atomic E-state index is -4.64. The molecule has 5 rings (SSSR count). The molecule has 39 heavy (non-hydrogen) atoms. The monoisotopic (exact) mass is 538 g/mol. The van der Waals surface area contributed by atoms with Crippen LogP contribution in [0.1, 0.15) is 34.1 Å². The molecule has 1 aromatic heterocycles. The number of benzene rings is 2. The van der Waals surface area contributed by atoms with Gasteiger partial charge in [0.1, 0.15) is 5.69 Å². The number of nitrogens with zero attached hydrogens (tertiary/aromatic N) is 2. The molecule has 1 fully saturated rings. The third kappa shape index (κ3) is 5.47. The molecule has 1 saturated heterocycles. The Morgan fingerprint density at radius 2 is 1.95 bits per heavy atom. The lowest BCUT2D eigenvalue weighted by Gasteiger charge is -2.45. The van der Waals surface area contributed by atoms with E-state index in [1.165, 1.54) is 6.07 Å². The van der Waals surface area contributed by atoms with Gasteiger partial charge >= 0.3 is 6.18 Å². The van der Waals surface area contributed by atoms with Crippen molar-refractivity contribution in [1.29, 1.82) is 0 Å². The zero-order chi connectivity index (χ0) is 27.7. The molecule has 2 aliphatic heterocycles. The van der Waals surface area contributed by atoms with E-state index in [1.54, 1.807) is 6.07 Å². The molecular weight excluding hydrogens is 509 g/mol. The van der Waals surface area contributed by atoms with E-state index >= 15 is 0 Å². The third-order valence-electron chi connectivity index (χ3n) is 7.27. The number of amides is 2. The number of carbonyl (C=O) groups excluding carboxylic acids is 2. The van der Waals surface area contributed by atoms with E-state index in [2.05, 4.69) is 26.6 Å². The molecule has 0 radical (unpaired) electrons. The normalized spacial score (nSPS) is 18.6. The van der Waals surface area contributed by atoms with Gasteiger partial charge < -0.3 is 20.3 Å². The highest BCUT2D eigenvalue weighted by atomic mass is 19.4. The Labute approximate surface area is 224 Å². The van der Waals surface area contributed by atoms with Crippen LogP contribution in [0, 0.1) is 12.8 Å². The summed E-state index contributed by atoms with van der Waals surface area (Å²) in [4.78, 5) is 31.1. The third-order valence-corrected chi connectivity index (χ3v) is 7.27. The molecule has 10 heteroatoms. The summed E-state index contributed by atoms with van der Waals surface area (Å²) in [6, 6.07) is 13.5. The van der Waals surface area contributed by atoms with Gasteiger partial charge in [-0.05, 0) is 72.9 Å². The fraction of sp³-hybridized carbons (Fsp3) is 0.345. The topological polar surface area (TPSA) is 83.6 Å². The van der Waals surface area contributed by atoms with Crippen LogP contribution in [-0.2, 0) is 22.1 Å². The van der Waals surface area contributed by atoms with Crippen LogP contribution in [0.25, 0.3) is 11.1 Å². The highest BCUT2D eigenvalue weighted by Crippen LogP contribution is 2.39. The van der Waals surface area contributed by atoms with E-state index in [1.807, 2.05) is 38.1 Å². The summed E-state index contributed by atoms with van der Waals surface area (Å²) >= 11 is 0. The van der Waals surface area contributed by atoms with Gasteiger partial charge in [0, 0.05) is 36.2 Å². The van der Waals surface area contributed by atoms with Crippen molar-refractivity contribution in [2.45, 2.75) is 32.5 Å². The van der Waals surface area contributed by atoms with E-state index in [0.717, 1.165) is 40.2 Å². The molecule has 7 nitrogen and oxygen atoms in total. The summed E-state index contributed by atoms with van der Waals surface area (Å²) in [5.41, 5.74) is 4.16. The second kappa shape index (κ2) is 10.7. The number of alkyl halides is 3. The molecule has 0 unspecified atom stereocenters. The molecule has 2 aromatic carbocycles. The summed E-state index contributed by atoms with van der Waals surface area (Å²) in [6.07, 6.45) is -3.05. The molecule has 0 bridgehead atoms. The van der Waals surface area contributed by atoms with Crippen molar-refractivity contribution in [3.8, 4) is 11.1 Å². The predicted molar refractivity (Wildman–Crippen MR) is 142 cm³/mol. The van der Waals surface area contributed by atoms with Crippen LogP contribution in [0.2, 0.25) is 0 Å². The van der Waals surface area contributed by atoms with Crippen molar-refractivity contribution in [3.05, 3.63) is 77.1 Å². The van der Waals surface area contributed by atoms with Crippen LogP contribution in [0.15, 0.2) is 54.7 Å². The number of nitrogens with one attached hydrogen (secondary N) is 2. The van der Waals surface area contributed by atoms with E-state index in [0.29, 0.717) is 38.4 Å². The molecule has 2 amide bonds. The number of hydrogen-bond acceptors (Lipinski definition) is 5. The summed E-state index contributed by atoms with van der Waals surface area (Å²) in [6.45, 7) is 6.18. The first-order valence-corrected chi connectivity index (χ1v) is 12.9. The zero-order valence-electron chi connectivity index (χ0n) is 21.6. The summed E-state index contributed by atoms with van der Waals surface area (Å²) in [5.74, 6) is -0.825. The second-order valence-corrected chi connectivity index (χ2v) is 9.80. The first-order chi connectivity index (χ1) is 18.7. The lowest BCUT2D eigenvalue weighted by atomic mass is 9.83. The van der Waals surface area contributed by atoms with Gasteiger partial charge in [0.05, 0.1) is 25.2 Å². The average molecular weight is 539 g/mol. The van der Waals surface area contributed by atoms with Crippen molar-refractivity contribution in [2.75, 3.05) is 36.5 Å².